The molecule has 0 aliphatic rings. The van der Waals surface area contributed by atoms with E-state index in [1.165, 1.54) is 5.56 Å². The van der Waals surface area contributed by atoms with Crippen LogP contribution in [-0.4, -0.2) is 49.3 Å². The first-order valence-electron chi connectivity index (χ1n) is 8.01. The number of hydrogen-bond donors (Lipinski definition) is 3. The number of amides is 2. The molecule has 1 atom stereocenters. The SMILES string of the molecule is CN(C)[C@@H](CNC(=O)NCCc1ccsc1)Cc1ccc(O)cc1. The molecule has 2 aromatic rings. The first kappa shape index (κ1) is 18.3. The minimum Gasteiger partial charge on any atom is -0.508 e. The van der Waals surface area contributed by atoms with Crippen LogP contribution in [0.15, 0.2) is 41.1 Å². The van der Waals surface area contributed by atoms with Gasteiger partial charge in [0.15, 0.2) is 0 Å². The number of carbonyl (C=O) groups is 1. The zero-order valence-corrected chi connectivity index (χ0v) is 15.0. The van der Waals surface area contributed by atoms with E-state index in [-0.39, 0.29) is 17.8 Å². The van der Waals surface area contributed by atoms with Crippen molar-refractivity contribution in [2.45, 2.75) is 18.9 Å². The Morgan fingerprint density at radius 2 is 1.92 bits per heavy atom. The molecule has 130 valence electrons. The van der Waals surface area contributed by atoms with E-state index in [2.05, 4.69) is 27.0 Å². The maximum Gasteiger partial charge on any atom is 0.314 e. The van der Waals surface area contributed by atoms with Gasteiger partial charge < -0.3 is 20.6 Å². The number of nitrogens with one attached hydrogen (secondary N) is 2. The highest BCUT2D eigenvalue weighted by Crippen LogP contribution is 2.12. The van der Waals surface area contributed by atoms with E-state index in [1.807, 2.05) is 31.6 Å². The average Bonchev–Trinajstić information content (AvgIpc) is 3.06. The number of thiophene rings is 1. The molecule has 2 amide bonds. The molecule has 0 radical (unpaired) electrons. The molecule has 0 bridgehead atoms. The van der Waals surface area contributed by atoms with Crippen molar-refractivity contribution in [3.63, 3.8) is 0 Å². The zero-order chi connectivity index (χ0) is 17.4. The lowest BCUT2D eigenvalue weighted by Gasteiger charge is -2.25. The molecule has 1 aromatic heterocycles. The maximum absolute atomic E-state index is 11.9. The highest BCUT2D eigenvalue weighted by Gasteiger charge is 2.13. The quantitative estimate of drug-likeness (QED) is 0.687. The summed E-state index contributed by atoms with van der Waals surface area (Å²) in [6.45, 7) is 1.20. The fraction of sp³-hybridized carbons (Fsp3) is 0.389. The molecule has 0 fully saturated rings. The third kappa shape index (κ3) is 6.22. The van der Waals surface area contributed by atoms with Gasteiger partial charge in [0.05, 0.1) is 0 Å². The Morgan fingerprint density at radius 3 is 2.54 bits per heavy atom. The van der Waals surface area contributed by atoms with Gasteiger partial charge >= 0.3 is 6.03 Å². The first-order valence-corrected chi connectivity index (χ1v) is 8.96. The number of aromatic hydroxyl groups is 1. The largest absolute Gasteiger partial charge is 0.508 e. The monoisotopic (exact) mass is 347 g/mol. The number of nitrogens with zero attached hydrogens (tertiary/aromatic N) is 1. The molecule has 24 heavy (non-hydrogen) atoms. The van der Waals surface area contributed by atoms with Crippen LogP contribution in [0.5, 0.6) is 5.75 Å². The van der Waals surface area contributed by atoms with Crippen LogP contribution in [0.25, 0.3) is 0 Å². The summed E-state index contributed by atoms with van der Waals surface area (Å²) in [5, 5.41) is 19.3. The summed E-state index contributed by atoms with van der Waals surface area (Å²) in [7, 11) is 4.00. The number of phenolic OH excluding ortho intramolecular Hbond substituents is 1. The van der Waals surface area contributed by atoms with Gasteiger partial charge in [0.25, 0.3) is 0 Å². The second-order valence-corrected chi connectivity index (χ2v) is 6.79. The van der Waals surface area contributed by atoms with Crippen LogP contribution >= 0.6 is 11.3 Å². The van der Waals surface area contributed by atoms with Crippen molar-refractivity contribution < 1.29 is 9.90 Å². The fourth-order valence-electron chi connectivity index (χ4n) is 2.37. The molecule has 2 rings (SSSR count). The summed E-state index contributed by atoms with van der Waals surface area (Å²) >= 11 is 1.67. The van der Waals surface area contributed by atoms with Crippen LogP contribution < -0.4 is 10.6 Å². The second kappa shape index (κ2) is 9.30. The Labute approximate surface area is 147 Å². The Kier molecular flexibility index (Phi) is 7.08. The van der Waals surface area contributed by atoms with Gasteiger partial charge in [-0.1, -0.05) is 12.1 Å². The second-order valence-electron chi connectivity index (χ2n) is 6.01. The van der Waals surface area contributed by atoms with Crippen LogP contribution in [-0.2, 0) is 12.8 Å². The van der Waals surface area contributed by atoms with Crippen LogP contribution in [0.3, 0.4) is 0 Å². The summed E-state index contributed by atoms with van der Waals surface area (Å²) in [6, 6.07) is 9.32. The van der Waals surface area contributed by atoms with Gasteiger partial charge in [-0.25, -0.2) is 4.79 Å². The number of likely N-dealkylation sites (N-methyl/N-ethyl adjacent to an activating group) is 1. The van der Waals surface area contributed by atoms with Crippen molar-refractivity contribution in [1.29, 1.82) is 0 Å². The Morgan fingerprint density at radius 1 is 1.17 bits per heavy atom. The summed E-state index contributed by atoms with van der Waals surface area (Å²) in [5.74, 6) is 0.267. The van der Waals surface area contributed by atoms with Crippen LogP contribution in [0, 0.1) is 0 Å². The van der Waals surface area contributed by atoms with Crippen molar-refractivity contribution in [2.24, 2.45) is 0 Å². The number of carbonyl (C=O) groups excluding carboxylic acids is 1. The standard InChI is InChI=1S/C18H25N3O2S/c1-21(2)16(11-14-3-5-17(22)6-4-14)12-20-18(23)19-9-7-15-8-10-24-13-15/h3-6,8,10,13,16,22H,7,9,11-12H2,1-2H3,(H2,19,20,23)/t16-/m1/s1. The number of phenols is 1. The fourth-order valence-corrected chi connectivity index (χ4v) is 3.07. The third-order valence-electron chi connectivity index (χ3n) is 3.92. The minimum atomic E-state index is -0.136. The van der Waals surface area contributed by atoms with E-state index in [0.717, 1.165) is 18.4 Å². The van der Waals surface area contributed by atoms with E-state index in [9.17, 15) is 9.90 Å². The third-order valence-corrected chi connectivity index (χ3v) is 4.65. The van der Waals surface area contributed by atoms with Crippen LogP contribution in [0.4, 0.5) is 4.79 Å². The lowest BCUT2D eigenvalue weighted by atomic mass is 10.1. The summed E-state index contributed by atoms with van der Waals surface area (Å²) in [4.78, 5) is 14.0. The van der Waals surface area contributed by atoms with E-state index in [0.29, 0.717) is 13.1 Å². The van der Waals surface area contributed by atoms with Crippen molar-refractivity contribution >= 4 is 17.4 Å². The molecule has 0 saturated carbocycles. The van der Waals surface area contributed by atoms with Gasteiger partial charge in [-0.2, -0.15) is 11.3 Å². The lowest BCUT2D eigenvalue weighted by Crippen LogP contribution is -2.45. The van der Waals surface area contributed by atoms with E-state index < -0.39 is 0 Å². The molecule has 0 spiro atoms. The van der Waals surface area contributed by atoms with E-state index in [1.54, 1.807) is 23.5 Å². The van der Waals surface area contributed by atoms with Crippen LogP contribution in [0.2, 0.25) is 0 Å². The molecule has 5 nitrogen and oxygen atoms in total. The normalized spacial score (nSPS) is 12.1. The van der Waals surface area contributed by atoms with Gasteiger partial charge in [-0.15, -0.1) is 0 Å². The molecule has 1 heterocycles. The molecule has 3 N–H and O–H groups in total. The number of urea groups is 1. The average molecular weight is 347 g/mol. The van der Waals surface area contributed by atoms with Gasteiger partial charge in [0.2, 0.25) is 0 Å². The van der Waals surface area contributed by atoms with Gasteiger partial charge in [-0.3, -0.25) is 0 Å². The topological polar surface area (TPSA) is 64.6 Å². The molecule has 0 aliphatic heterocycles. The summed E-state index contributed by atoms with van der Waals surface area (Å²) < 4.78 is 0. The van der Waals surface area contributed by atoms with Gasteiger partial charge in [-0.05, 0) is 67.0 Å². The number of hydrogen-bond acceptors (Lipinski definition) is 4. The van der Waals surface area contributed by atoms with Gasteiger partial charge in [0, 0.05) is 19.1 Å². The molecule has 0 unspecified atom stereocenters. The van der Waals surface area contributed by atoms with Crippen LogP contribution in [0.1, 0.15) is 11.1 Å². The smallest absolute Gasteiger partial charge is 0.314 e. The van der Waals surface area contributed by atoms with E-state index in [4.69, 9.17) is 0 Å². The summed E-state index contributed by atoms with van der Waals surface area (Å²) in [5.41, 5.74) is 2.38. The van der Waals surface area contributed by atoms with Crippen molar-refractivity contribution in [3.8, 4) is 5.75 Å². The Balaban J connectivity index is 1.73. The van der Waals surface area contributed by atoms with Crippen molar-refractivity contribution in [1.82, 2.24) is 15.5 Å². The highest BCUT2D eigenvalue weighted by molar-refractivity contribution is 7.07. The predicted molar refractivity (Wildman–Crippen MR) is 98.7 cm³/mol. The molecule has 6 heteroatoms. The zero-order valence-electron chi connectivity index (χ0n) is 14.2. The lowest BCUT2D eigenvalue weighted by molar-refractivity contribution is 0.232. The van der Waals surface area contributed by atoms with Crippen molar-refractivity contribution in [2.75, 3.05) is 27.2 Å². The predicted octanol–water partition coefficient (Wildman–Crippen LogP) is 2.47. The van der Waals surface area contributed by atoms with E-state index >= 15 is 0 Å². The number of benzene rings is 1. The molecule has 0 saturated heterocycles. The molecule has 1 aromatic carbocycles. The molecular weight excluding hydrogens is 322 g/mol. The number of rotatable bonds is 8. The molecule has 0 aliphatic carbocycles. The highest BCUT2D eigenvalue weighted by atomic mass is 32.1. The molecular formula is C18H25N3O2S. The first-order chi connectivity index (χ1) is 11.5. The Bertz CT molecular complexity index is 612. The maximum atomic E-state index is 11.9. The Hall–Kier alpha value is -2.05. The minimum absolute atomic E-state index is 0.136. The van der Waals surface area contributed by atoms with Gasteiger partial charge in [0.1, 0.15) is 5.75 Å². The summed E-state index contributed by atoms with van der Waals surface area (Å²) in [6.07, 6.45) is 1.66. The van der Waals surface area contributed by atoms with Crippen molar-refractivity contribution in [3.05, 3.63) is 52.2 Å².